The fourth-order valence-corrected chi connectivity index (χ4v) is 4.97. The number of hydrogen-bond donors (Lipinski definition) is 2. The van der Waals surface area contributed by atoms with Crippen molar-refractivity contribution in [2.75, 3.05) is 29.8 Å². The molecule has 10 heteroatoms. The van der Waals surface area contributed by atoms with Crippen molar-refractivity contribution in [1.29, 1.82) is 0 Å². The summed E-state index contributed by atoms with van der Waals surface area (Å²) in [7, 11) is -6.62. The molecule has 0 spiro atoms. The van der Waals surface area contributed by atoms with Gasteiger partial charge in [0.05, 0.1) is 12.0 Å². The van der Waals surface area contributed by atoms with Crippen LogP contribution in [0.2, 0.25) is 0 Å². The molecule has 1 aromatic carbocycles. The van der Waals surface area contributed by atoms with Gasteiger partial charge in [0.2, 0.25) is 20.0 Å². The highest BCUT2D eigenvalue weighted by Gasteiger charge is 2.28. The number of nitrogens with one attached hydrogen (secondary N) is 2. The highest BCUT2D eigenvalue weighted by Crippen LogP contribution is 2.17. The molecule has 1 fully saturated rings. The van der Waals surface area contributed by atoms with E-state index in [0.717, 1.165) is 6.26 Å². The van der Waals surface area contributed by atoms with Crippen LogP contribution in [0.4, 0.5) is 5.69 Å². The normalized spacial score (nSPS) is 17.0. The molecule has 0 saturated carbocycles. The third kappa shape index (κ3) is 5.96. The number of carbonyl (C=O) groups excluding carboxylic acids is 1. The first-order valence-corrected chi connectivity index (χ1v) is 12.0. The predicted molar refractivity (Wildman–Crippen MR) is 101 cm³/mol. The summed E-state index contributed by atoms with van der Waals surface area (Å²) in [6.07, 6.45) is 2.73. The number of carbonyl (C=O) groups is 1. The summed E-state index contributed by atoms with van der Waals surface area (Å²) in [4.78, 5) is 12.4. The molecule has 0 unspecified atom stereocenters. The van der Waals surface area contributed by atoms with Gasteiger partial charge in [0.25, 0.3) is 5.91 Å². The van der Waals surface area contributed by atoms with Crippen LogP contribution in [0.1, 0.15) is 36.5 Å². The van der Waals surface area contributed by atoms with Crippen molar-refractivity contribution in [2.24, 2.45) is 0 Å². The van der Waals surface area contributed by atoms with Gasteiger partial charge in [-0.25, -0.2) is 21.1 Å². The minimum Gasteiger partial charge on any atom is -0.349 e. The molecule has 0 bridgehead atoms. The number of hydrogen-bond acceptors (Lipinski definition) is 5. The molecule has 0 aliphatic carbocycles. The minimum absolute atomic E-state index is 0.109. The molecule has 146 valence electrons. The lowest BCUT2D eigenvalue weighted by Gasteiger charge is -2.31. The molecule has 2 N–H and O–H groups in total. The number of rotatable bonds is 7. The zero-order chi connectivity index (χ0) is 19.4. The van der Waals surface area contributed by atoms with E-state index < -0.39 is 20.0 Å². The van der Waals surface area contributed by atoms with E-state index in [1.54, 1.807) is 18.2 Å². The number of piperidine rings is 1. The second-order valence-corrected chi connectivity index (χ2v) is 10.3. The maximum Gasteiger partial charge on any atom is 0.251 e. The Morgan fingerprint density at radius 3 is 2.42 bits per heavy atom. The predicted octanol–water partition coefficient (Wildman–Crippen LogP) is 0.992. The molecule has 0 radical (unpaired) electrons. The lowest BCUT2D eigenvalue weighted by molar-refractivity contribution is 0.0924. The van der Waals surface area contributed by atoms with E-state index in [9.17, 15) is 21.6 Å². The Morgan fingerprint density at radius 1 is 1.19 bits per heavy atom. The molecule has 1 saturated heterocycles. The molecule has 1 amide bonds. The minimum atomic E-state index is -3.42. The first-order chi connectivity index (χ1) is 12.1. The van der Waals surface area contributed by atoms with Crippen molar-refractivity contribution >= 4 is 31.6 Å². The number of amides is 1. The summed E-state index contributed by atoms with van der Waals surface area (Å²) in [5.74, 6) is -0.165. The molecule has 0 aromatic heterocycles. The fourth-order valence-electron chi connectivity index (χ4n) is 2.87. The maximum atomic E-state index is 12.4. The van der Waals surface area contributed by atoms with Gasteiger partial charge < -0.3 is 5.32 Å². The van der Waals surface area contributed by atoms with E-state index in [2.05, 4.69) is 10.0 Å². The average molecular weight is 404 g/mol. The Labute approximate surface area is 155 Å². The van der Waals surface area contributed by atoms with Gasteiger partial charge in [0.15, 0.2) is 0 Å². The lowest BCUT2D eigenvalue weighted by atomic mass is 10.1. The van der Waals surface area contributed by atoms with Crippen LogP contribution in [-0.2, 0) is 20.0 Å². The van der Waals surface area contributed by atoms with E-state index in [1.807, 2.05) is 6.92 Å². The van der Waals surface area contributed by atoms with Gasteiger partial charge in [0.1, 0.15) is 0 Å². The Balaban J connectivity index is 1.94. The summed E-state index contributed by atoms with van der Waals surface area (Å²) in [6.45, 7) is 2.61. The molecule has 26 heavy (non-hydrogen) atoms. The summed E-state index contributed by atoms with van der Waals surface area (Å²) >= 11 is 0. The van der Waals surface area contributed by atoms with Crippen LogP contribution in [0.5, 0.6) is 0 Å². The Kier molecular flexibility index (Phi) is 6.64. The van der Waals surface area contributed by atoms with Crippen LogP contribution >= 0.6 is 0 Å². The van der Waals surface area contributed by atoms with Crippen LogP contribution in [0.15, 0.2) is 24.3 Å². The standard InChI is InChI=1S/C16H25N3O5S2/c1-3-11-26(23,24)19-9-7-14(8-10-19)17-16(20)13-5-4-6-15(12-13)18-25(2,21)22/h4-6,12,14,18H,3,7-11H2,1-2H3,(H,17,20). The third-order valence-corrected chi connectivity index (χ3v) is 6.76. The highest BCUT2D eigenvalue weighted by atomic mass is 32.2. The lowest BCUT2D eigenvalue weighted by Crippen LogP contribution is -2.47. The maximum absolute atomic E-state index is 12.4. The molecule has 2 rings (SSSR count). The summed E-state index contributed by atoms with van der Waals surface area (Å²) in [5.41, 5.74) is 0.667. The van der Waals surface area contributed by atoms with Crippen LogP contribution in [0.25, 0.3) is 0 Å². The summed E-state index contributed by atoms with van der Waals surface area (Å²) in [6, 6.07) is 6.13. The highest BCUT2D eigenvalue weighted by molar-refractivity contribution is 7.92. The van der Waals surface area contributed by atoms with Crippen molar-refractivity contribution in [3.63, 3.8) is 0 Å². The monoisotopic (exact) mass is 403 g/mol. The quantitative estimate of drug-likeness (QED) is 0.705. The number of nitrogens with zero attached hydrogens (tertiary/aromatic N) is 1. The van der Waals surface area contributed by atoms with Gasteiger partial charge in [-0.2, -0.15) is 0 Å². The van der Waals surface area contributed by atoms with E-state index in [-0.39, 0.29) is 17.7 Å². The van der Waals surface area contributed by atoms with Gasteiger partial charge in [-0.05, 0) is 37.5 Å². The summed E-state index contributed by atoms with van der Waals surface area (Å²) in [5, 5.41) is 2.89. The number of sulfonamides is 2. The van der Waals surface area contributed by atoms with Gasteiger partial charge in [-0.3, -0.25) is 9.52 Å². The van der Waals surface area contributed by atoms with Crippen LogP contribution < -0.4 is 10.0 Å². The second kappa shape index (κ2) is 8.36. The van der Waals surface area contributed by atoms with Crippen LogP contribution in [-0.4, -0.2) is 58.2 Å². The number of benzene rings is 1. The average Bonchev–Trinajstić information content (AvgIpc) is 2.54. The Bertz CT molecular complexity index is 844. The molecule has 0 atom stereocenters. The topological polar surface area (TPSA) is 113 Å². The van der Waals surface area contributed by atoms with Crippen molar-refractivity contribution < 1.29 is 21.6 Å². The van der Waals surface area contributed by atoms with Gasteiger partial charge >= 0.3 is 0 Å². The molecular formula is C16H25N3O5S2. The van der Waals surface area contributed by atoms with Crippen LogP contribution in [0, 0.1) is 0 Å². The van der Waals surface area contributed by atoms with E-state index >= 15 is 0 Å². The van der Waals surface area contributed by atoms with Crippen molar-refractivity contribution in [3.05, 3.63) is 29.8 Å². The first-order valence-electron chi connectivity index (χ1n) is 8.47. The SMILES string of the molecule is CCCS(=O)(=O)N1CCC(NC(=O)c2cccc(NS(C)(=O)=O)c2)CC1. The Hall–Kier alpha value is -1.65. The van der Waals surface area contributed by atoms with E-state index in [0.29, 0.717) is 43.6 Å². The van der Waals surface area contributed by atoms with Gasteiger partial charge in [-0.15, -0.1) is 0 Å². The third-order valence-electron chi connectivity index (χ3n) is 4.07. The second-order valence-electron chi connectivity index (χ2n) is 6.42. The molecular weight excluding hydrogens is 378 g/mol. The molecule has 1 aromatic rings. The Morgan fingerprint density at radius 2 is 1.85 bits per heavy atom. The van der Waals surface area contributed by atoms with Crippen molar-refractivity contribution in [3.8, 4) is 0 Å². The van der Waals surface area contributed by atoms with Crippen molar-refractivity contribution in [2.45, 2.75) is 32.2 Å². The van der Waals surface area contributed by atoms with E-state index in [4.69, 9.17) is 0 Å². The fraction of sp³-hybridized carbons (Fsp3) is 0.562. The first kappa shape index (κ1) is 20.7. The number of anilines is 1. The van der Waals surface area contributed by atoms with Gasteiger partial charge in [-0.1, -0.05) is 13.0 Å². The zero-order valence-electron chi connectivity index (χ0n) is 14.9. The molecule has 1 heterocycles. The molecule has 8 nitrogen and oxygen atoms in total. The summed E-state index contributed by atoms with van der Waals surface area (Å²) < 4.78 is 50.5. The van der Waals surface area contributed by atoms with Crippen molar-refractivity contribution in [1.82, 2.24) is 9.62 Å². The molecule has 1 aliphatic heterocycles. The zero-order valence-corrected chi connectivity index (χ0v) is 16.6. The van der Waals surface area contributed by atoms with Crippen LogP contribution in [0.3, 0.4) is 0 Å². The largest absolute Gasteiger partial charge is 0.349 e. The van der Waals surface area contributed by atoms with E-state index in [1.165, 1.54) is 10.4 Å². The smallest absolute Gasteiger partial charge is 0.251 e. The van der Waals surface area contributed by atoms with Gasteiger partial charge in [0, 0.05) is 30.4 Å². The molecule has 1 aliphatic rings.